The Labute approximate surface area is 133 Å². The van der Waals surface area contributed by atoms with Crippen molar-refractivity contribution in [3.05, 3.63) is 72.8 Å². The molecule has 4 aromatic carbocycles. The molecule has 23 heavy (non-hydrogen) atoms. The molecule has 0 spiro atoms. The molecule has 0 bridgehead atoms. The molecule has 0 saturated carbocycles. The second kappa shape index (κ2) is 3.82. The first-order valence-electron chi connectivity index (χ1n) is 7.98. The number of aromatic nitrogens is 1. The van der Waals surface area contributed by atoms with Gasteiger partial charge in [0.15, 0.2) is 0 Å². The van der Waals surface area contributed by atoms with Crippen LogP contribution in [0.1, 0.15) is 0 Å². The molecular weight excluding hydrogens is 278 g/mol. The van der Waals surface area contributed by atoms with Crippen LogP contribution in [0.2, 0.25) is 0 Å². The lowest BCUT2D eigenvalue weighted by molar-refractivity contribution is 1.55. The van der Waals surface area contributed by atoms with E-state index in [1.165, 1.54) is 54.8 Å². The minimum absolute atomic E-state index is 1.21. The number of rotatable bonds is 0. The van der Waals surface area contributed by atoms with E-state index >= 15 is 0 Å². The number of fused-ring (bicyclic) bond motifs is 7. The zero-order chi connectivity index (χ0) is 15.0. The number of aromatic amines is 1. The summed E-state index contributed by atoms with van der Waals surface area (Å²) < 4.78 is 0. The van der Waals surface area contributed by atoms with Crippen LogP contribution in [-0.2, 0) is 0 Å². The molecule has 0 saturated heterocycles. The highest BCUT2D eigenvalue weighted by atomic mass is 14.7. The summed E-state index contributed by atoms with van der Waals surface area (Å²) in [6.07, 6.45) is 0. The first-order chi connectivity index (χ1) is 11.4. The molecule has 1 heteroatoms. The summed E-state index contributed by atoms with van der Waals surface area (Å²) >= 11 is 0. The lowest BCUT2D eigenvalue weighted by Gasteiger charge is -2.04. The third kappa shape index (κ3) is 1.29. The Kier molecular flexibility index (Phi) is 1.91. The van der Waals surface area contributed by atoms with Crippen molar-refractivity contribution in [3.8, 4) is 22.3 Å². The predicted octanol–water partition coefficient (Wildman–Crippen LogP) is 6.12. The van der Waals surface area contributed by atoms with Gasteiger partial charge in [-0.1, -0.05) is 60.7 Å². The van der Waals surface area contributed by atoms with Crippen LogP contribution in [0.3, 0.4) is 0 Å². The van der Waals surface area contributed by atoms with Gasteiger partial charge >= 0.3 is 0 Å². The molecule has 106 valence electrons. The Bertz CT molecular complexity index is 1260. The smallest absolute Gasteiger partial charge is 0.0477 e. The standard InChI is InChI=1S/C22H13N/c1-2-7-14-13(6-1)15-9-5-10-17-21(15)18(14)12-20-22(17)16-8-3-4-11-19(16)23-20/h1-12,23H. The van der Waals surface area contributed by atoms with Crippen molar-refractivity contribution in [1.82, 2.24) is 4.98 Å². The molecule has 6 rings (SSSR count). The number of hydrogen-bond acceptors (Lipinski definition) is 0. The monoisotopic (exact) mass is 291 g/mol. The van der Waals surface area contributed by atoms with Gasteiger partial charge in [-0.2, -0.15) is 0 Å². The second-order valence-corrected chi connectivity index (χ2v) is 6.29. The van der Waals surface area contributed by atoms with Gasteiger partial charge in [0, 0.05) is 21.8 Å². The number of H-pyrrole nitrogens is 1. The van der Waals surface area contributed by atoms with Gasteiger partial charge in [-0.25, -0.2) is 0 Å². The van der Waals surface area contributed by atoms with Crippen LogP contribution < -0.4 is 0 Å². The van der Waals surface area contributed by atoms with Crippen LogP contribution in [0.4, 0.5) is 0 Å². The quantitative estimate of drug-likeness (QED) is 0.347. The topological polar surface area (TPSA) is 15.8 Å². The van der Waals surface area contributed by atoms with Gasteiger partial charge in [0.1, 0.15) is 0 Å². The molecule has 1 nitrogen and oxygen atoms in total. The first kappa shape index (κ1) is 11.5. The zero-order valence-electron chi connectivity index (χ0n) is 12.4. The van der Waals surface area contributed by atoms with Crippen LogP contribution in [0.15, 0.2) is 72.8 Å². The summed E-state index contributed by atoms with van der Waals surface area (Å²) in [6, 6.07) is 26.3. The van der Waals surface area contributed by atoms with Crippen molar-refractivity contribution in [2.24, 2.45) is 0 Å². The highest BCUT2D eigenvalue weighted by Gasteiger charge is 2.23. The van der Waals surface area contributed by atoms with Gasteiger partial charge in [-0.15, -0.1) is 0 Å². The average molecular weight is 291 g/mol. The molecular formula is C22H13N. The van der Waals surface area contributed by atoms with Crippen molar-refractivity contribution in [1.29, 1.82) is 0 Å². The fourth-order valence-corrected chi connectivity index (χ4v) is 4.22. The third-order valence-electron chi connectivity index (χ3n) is 5.13. The first-order valence-corrected chi connectivity index (χ1v) is 7.98. The second-order valence-electron chi connectivity index (χ2n) is 6.29. The van der Waals surface area contributed by atoms with Gasteiger partial charge in [-0.3, -0.25) is 0 Å². The van der Waals surface area contributed by atoms with E-state index in [2.05, 4.69) is 77.8 Å². The molecule has 0 aliphatic heterocycles. The lowest BCUT2D eigenvalue weighted by atomic mass is 9.98. The van der Waals surface area contributed by atoms with E-state index in [-0.39, 0.29) is 0 Å². The number of nitrogens with one attached hydrogen (secondary N) is 1. The van der Waals surface area contributed by atoms with Crippen molar-refractivity contribution >= 4 is 32.6 Å². The predicted molar refractivity (Wildman–Crippen MR) is 97.7 cm³/mol. The fraction of sp³-hybridized carbons (Fsp3) is 0. The van der Waals surface area contributed by atoms with Gasteiger partial charge in [-0.05, 0) is 45.2 Å². The van der Waals surface area contributed by atoms with Gasteiger partial charge in [0.05, 0.1) is 0 Å². The fourth-order valence-electron chi connectivity index (χ4n) is 4.22. The van der Waals surface area contributed by atoms with Crippen molar-refractivity contribution in [2.75, 3.05) is 0 Å². The van der Waals surface area contributed by atoms with Gasteiger partial charge in [0.25, 0.3) is 0 Å². The van der Waals surface area contributed by atoms with Crippen molar-refractivity contribution in [3.63, 3.8) is 0 Å². The maximum atomic E-state index is 3.60. The molecule has 5 aromatic rings. The summed E-state index contributed by atoms with van der Waals surface area (Å²) in [5.74, 6) is 0. The van der Waals surface area contributed by atoms with Crippen LogP contribution >= 0.6 is 0 Å². The molecule has 1 aliphatic carbocycles. The van der Waals surface area contributed by atoms with Crippen molar-refractivity contribution in [2.45, 2.75) is 0 Å². The molecule has 0 unspecified atom stereocenters. The largest absolute Gasteiger partial charge is 0.354 e. The Hall–Kier alpha value is -3.06. The van der Waals surface area contributed by atoms with E-state index in [0.29, 0.717) is 0 Å². The lowest BCUT2D eigenvalue weighted by Crippen LogP contribution is -1.78. The van der Waals surface area contributed by atoms with E-state index in [1.54, 1.807) is 0 Å². The molecule has 0 fully saturated rings. The molecule has 0 atom stereocenters. The molecule has 0 radical (unpaired) electrons. The molecule has 1 aliphatic rings. The van der Waals surface area contributed by atoms with E-state index in [1.807, 2.05) is 0 Å². The summed E-state index contributed by atoms with van der Waals surface area (Å²) in [5.41, 5.74) is 7.85. The zero-order valence-corrected chi connectivity index (χ0v) is 12.4. The molecule has 1 heterocycles. The van der Waals surface area contributed by atoms with E-state index < -0.39 is 0 Å². The minimum Gasteiger partial charge on any atom is -0.354 e. The molecule has 1 aromatic heterocycles. The van der Waals surface area contributed by atoms with Crippen LogP contribution in [0.25, 0.3) is 54.8 Å². The summed E-state index contributed by atoms with van der Waals surface area (Å²) in [4.78, 5) is 3.60. The third-order valence-corrected chi connectivity index (χ3v) is 5.13. The molecule has 1 N–H and O–H groups in total. The SMILES string of the molecule is c1ccc2c(c1)-c1cccc3c1c-2cc1[nH]c2ccccc2c13. The van der Waals surface area contributed by atoms with Crippen LogP contribution in [0.5, 0.6) is 0 Å². The Morgan fingerprint density at radius 2 is 1.17 bits per heavy atom. The number of para-hydroxylation sites is 1. The summed E-state index contributed by atoms with van der Waals surface area (Å²) in [6.45, 7) is 0. The summed E-state index contributed by atoms with van der Waals surface area (Å²) in [5, 5.41) is 5.39. The van der Waals surface area contributed by atoms with E-state index in [0.717, 1.165) is 0 Å². The highest BCUT2D eigenvalue weighted by Crippen LogP contribution is 2.49. The van der Waals surface area contributed by atoms with Gasteiger partial charge in [0.2, 0.25) is 0 Å². The highest BCUT2D eigenvalue weighted by molar-refractivity contribution is 6.28. The maximum absolute atomic E-state index is 3.60. The number of hydrogen-bond donors (Lipinski definition) is 1. The normalized spacial score (nSPS) is 12.3. The average Bonchev–Trinajstić information content (AvgIpc) is 3.13. The Morgan fingerprint density at radius 1 is 0.478 bits per heavy atom. The van der Waals surface area contributed by atoms with Crippen molar-refractivity contribution < 1.29 is 0 Å². The summed E-state index contributed by atoms with van der Waals surface area (Å²) in [7, 11) is 0. The van der Waals surface area contributed by atoms with E-state index in [9.17, 15) is 0 Å². The Morgan fingerprint density at radius 3 is 2.09 bits per heavy atom. The van der Waals surface area contributed by atoms with Crippen LogP contribution in [0, 0.1) is 0 Å². The minimum atomic E-state index is 1.21. The van der Waals surface area contributed by atoms with Crippen LogP contribution in [-0.4, -0.2) is 4.98 Å². The number of benzene rings is 4. The van der Waals surface area contributed by atoms with E-state index in [4.69, 9.17) is 0 Å². The molecule has 0 amide bonds. The van der Waals surface area contributed by atoms with Gasteiger partial charge < -0.3 is 4.98 Å². The Balaban J connectivity index is 1.95. The maximum Gasteiger partial charge on any atom is 0.0477 e.